The Labute approximate surface area is 138 Å². The van der Waals surface area contributed by atoms with Crippen LogP contribution in [0, 0.1) is 0 Å². The van der Waals surface area contributed by atoms with E-state index in [0.717, 1.165) is 21.3 Å². The lowest BCUT2D eigenvalue weighted by Gasteiger charge is -2.10. The highest BCUT2D eigenvalue weighted by molar-refractivity contribution is 9.10. The number of rotatable bonds is 4. The Hall–Kier alpha value is -1.44. The predicted molar refractivity (Wildman–Crippen MR) is 86.8 cm³/mol. The summed E-state index contributed by atoms with van der Waals surface area (Å²) in [4.78, 5) is 4.21. The molecule has 0 aliphatic carbocycles. The fraction of sp³-hybridized carbons (Fsp3) is 0.267. The first-order chi connectivity index (χ1) is 10.4. The molecular formula is C15H15BrN2O3S. The number of fused-ring (bicyclic) bond motifs is 1. The molecule has 5 nitrogen and oxygen atoms in total. The molecule has 2 heterocycles. The Balaban J connectivity index is 1.71. The summed E-state index contributed by atoms with van der Waals surface area (Å²) < 4.78 is 31.1. The molecule has 2 aromatic rings. The SMILES string of the molecule is CS(=O)(=O)N1Cc2ccc(COc3cccc(Br)n3)cc2C1. The van der Waals surface area contributed by atoms with Gasteiger partial charge >= 0.3 is 0 Å². The predicted octanol–water partition coefficient (Wildman–Crippen LogP) is 2.70. The Morgan fingerprint density at radius 3 is 2.73 bits per heavy atom. The normalized spacial score (nSPS) is 14.8. The van der Waals surface area contributed by atoms with Crippen molar-refractivity contribution >= 4 is 26.0 Å². The van der Waals surface area contributed by atoms with Gasteiger partial charge in [0.15, 0.2) is 0 Å². The Kier molecular flexibility index (Phi) is 4.20. The van der Waals surface area contributed by atoms with Crippen LogP contribution in [0.25, 0.3) is 0 Å². The molecule has 0 N–H and O–H groups in total. The molecule has 0 radical (unpaired) electrons. The van der Waals surface area contributed by atoms with Gasteiger partial charge in [-0.3, -0.25) is 0 Å². The van der Waals surface area contributed by atoms with Crippen molar-refractivity contribution < 1.29 is 13.2 Å². The van der Waals surface area contributed by atoms with Gasteiger partial charge in [-0.25, -0.2) is 13.4 Å². The van der Waals surface area contributed by atoms with Crippen molar-refractivity contribution in [1.29, 1.82) is 0 Å². The number of pyridine rings is 1. The second-order valence-corrected chi connectivity index (χ2v) is 8.02. The third-order valence-corrected chi connectivity index (χ3v) is 5.15. The molecular weight excluding hydrogens is 368 g/mol. The maximum absolute atomic E-state index is 11.6. The van der Waals surface area contributed by atoms with E-state index in [9.17, 15) is 8.42 Å². The topological polar surface area (TPSA) is 59.5 Å². The average molecular weight is 383 g/mol. The van der Waals surface area contributed by atoms with Crippen molar-refractivity contribution in [2.75, 3.05) is 6.26 Å². The van der Waals surface area contributed by atoms with E-state index in [2.05, 4.69) is 20.9 Å². The average Bonchev–Trinajstić information content (AvgIpc) is 2.88. The molecule has 0 amide bonds. The smallest absolute Gasteiger partial charge is 0.214 e. The van der Waals surface area contributed by atoms with E-state index in [1.807, 2.05) is 30.3 Å². The first-order valence-corrected chi connectivity index (χ1v) is 9.37. The molecule has 0 saturated carbocycles. The minimum absolute atomic E-state index is 0.398. The molecule has 0 fully saturated rings. The van der Waals surface area contributed by atoms with Gasteiger partial charge in [-0.1, -0.05) is 24.3 Å². The Morgan fingerprint density at radius 2 is 2.00 bits per heavy atom. The van der Waals surface area contributed by atoms with Crippen LogP contribution in [0.3, 0.4) is 0 Å². The fourth-order valence-electron chi connectivity index (χ4n) is 2.37. The highest BCUT2D eigenvalue weighted by Gasteiger charge is 2.25. The summed E-state index contributed by atoms with van der Waals surface area (Å²) in [7, 11) is -3.16. The molecule has 116 valence electrons. The summed E-state index contributed by atoms with van der Waals surface area (Å²) in [6, 6.07) is 11.4. The lowest BCUT2D eigenvalue weighted by Crippen LogP contribution is -2.23. The quantitative estimate of drug-likeness (QED) is 0.762. The van der Waals surface area contributed by atoms with Crippen LogP contribution in [0.2, 0.25) is 0 Å². The van der Waals surface area contributed by atoms with Gasteiger partial charge in [0.1, 0.15) is 11.2 Å². The fourth-order valence-corrected chi connectivity index (χ4v) is 3.44. The first-order valence-electron chi connectivity index (χ1n) is 6.73. The number of hydrogen-bond donors (Lipinski definition) is 0. The molecule has 0 spiro atoms. The summed E-state index contributed by atoms with van der Waals surface area (Å²) in [5.41, 5.74) is 3.08. The largest absolute Gasteiger partial charge is 0.473 e. The molecule has 1 aliphatic heterocycles. The Bertz CT molecular complexity index is 808. The maximum Gasteiger partial charge on any atom is 0.214 e. The minimum atomic E-state index is -3.16. The zero-order valence-corrected chi connectivity index (χ0v) is 14.4. The second-order valence-electron chi connectivity index (χ2n) is 5.22. The summed E-state index contributed by atoms with van der Waals surface area (Å²) in [6.45, 7) is 1.27. The summed E-state index contributed by atoms with van der Waals surface area (Å²) in [5.74, 6) is 0.549. The number of hydrogen-bond acceptors (Lipinski definition) is 4. The number of halogens is 1. The van der Waals surface area contributed by atoms with Gasteiger partial charge in [0.05, 0.1) is 6.26 Å². The first kappa shape index (κ1) is 15.5. The lowest BCUT2D eigenvalue weighted by molar-refractivity contribution is 0.293. The number of ether oxygens (including phenoxy) is 1. The zero-order valence-electron chi connectivity index (χ0n) is 12.0. The minimum Gasteiger partial charge on any atom is -0.473 e. The highest BCUT2D eigenvalue weighted by Crippen LogP contribution is 2.26. The maximum atomic E-state index is 11.6. The van der Waals surface area contributed by atoms with Crippen LogP contribution in [-0.4, -0.2) is 24.0 Å². The number of aromatic nitrogens is 1. The molecule has 1 aromatic heterocycles. The molecule has 22 heavy (non-hydrogen) atoms. The monoisotopic (exact) mass is 382 g/mol. The van der Waals surface area contributed by atoms with E-state index >= 15 is 0 Å². The van der Waals surface area contributed by atoms with E-state index < -0.39 is 10.0 Å². The zero-order chi connectivity index (χ0) is 15.7. The van der Waals surface area contributed by atoms with Gasteiger partial charge in [0, 0.05) is 19.2 Å². The van der Waals surface area contributed by atoms with Crippen LogP contribution in [0.1, 0.15) is 16.7 Å². The van der Waals surface area contributed by atoms with Crippen molar-refractivity contribution in [2.45, 2.75) is 19.7 Å². The second kappa shape index (κ2) is 5.98. The highest BCUT2D eigenvalue weighted by atomic mass is 79.9. The van der Waals surface area contributed by atoms with Crippen LogP contribution in [0.4, 0.5) is 0 Å². The van der Waals surface area contributed by atoms with Crippen LogP contribution in [0.5, 0.6) is 5.88 Å². The van der Waals surface area contributed by atoms with E-state index in [-0.39, 0.29) is 0 Å². The van der Waals surface area contributed by atoms with Gasteiger partial charge in [-0.05, 0) is 38.7 Å². The number of nitrogens with zero attached hydrogens (tertiary/aromatic N) is 2. The van der Waals surface area contributed by atoms with Crippen molar-refractivity contribution in [3.05, 3.63) is 57.7 Å². The van der Waals surface area contributed by atoms with Crippen molar-refractivity contribution in [3.8, 4) is 5.88 Å². The Morgan fingerprint density at radius 1 is 1.23 bits per heavy atom. The van der Waals surface area contributed by atoms with Crippen molar-refractivity contribution in [2.24, 2.45) is 0 Å². The molecule has 3 rings (SSSR count). The van der Waals surface area contributed by atoms with Crippen LogP contribution in [0.15, 0.2) is 41.0 Å². The summed E-state index contributed by atoms with van der Waals surface area (Å²) in [6.07, 6.45) is 1.24. The molecule has 0 saturated heterocycles. The molecule has 0 atom stereocenters. The van der Waals surface area contributed by atoms with E-state index in [1.54, 1.807) is 6.07 Å². The summed E-state index contributed by atoms with van der Waals surface area (Å²) >= 11 is 3.30. The van der Waals surface area contributed by atoms with Gasteiger partial charge < -0.3 is 4.74 Å². The van der Waals surface area contributed by atoms with Crippen LogP contribution < -0.4 is 4.74 Å². The third-order valence-electron chi connectivity index (χ3n) is 3.51. The van der Waals surface area contributed by atoms with Gasteiger partial charge in [0.25, 0.3) is 0 Å². The molecule has 0 unspecified atom stereocenters. The van der Waals surface area contributed by atoms with Gasteiger partial charge in [-0.15, -0.1) is 0 Å². The van der Waals surface area contributed by atoms with E-state index in [1.165, 1.54) is 10.6 Å². The number of sulfonamides is 1. The van der Waals surface area contributed by atoms with Crippen LogP contribution >= 0.6 is 15.9 Å². The summed E-state index contributed by atoms with van der Waals surface area (Å²) in [5, 5.41) is 0. The van der Waals surface area contributed by atoms with E-state index in [4.69, 9.17) is 4.74 Å². The standard InChI is InChI=1S/C15H15BrN2O3S/c1-22(19,20)18-8-12-6-5-11(7-13(12)9-18)10-21-15-4-2-3-14(16)17-15/h2-7H,8-10H2,1H3. The lowest BCUT2D eigenvalue weighted by atomic mass is 10.1. The van der Waals surface area contributed by atoms with Crippen molar-refractivity contribution in [1.82, 2.24) is 9.29 Å². The molecule has 1 aliphatic rings. The van der Waals surface area contributed by atoms with Gasteiger partial charge in [-0.2, -0.15) is 4.31 Å². The van der Waals surface area contributed by atoms with Crippen molar-refractivity contribution in [3.63, 3.8) is 0 Å². The molecule has 7 heteroatoms. The van der Waals surface area contributed by atoms with Gasteiger partial charge in [0.2, 0.25) is 15.9 Å². The molecule has 0 bridgehead atoms. The van der Waals surface area contributed by atoms with E-state index in [0.29, 0.717) is 25.6 Å². The number of benzene rings is 1. The molecule has 1 aromatic carbocycles. The van der Waals surface area contributed by atoms with Crippen LogP contribution in [-0.2, 0) is 29.7 Å². The third kappa shape index (κ3) is 3.48.